The molecule has 10 heteroatoms. The minimum absolute atomic E-state index is 0.0124. The van der Waals surface area contributed by atoms with E-state index < -0.39 is 17.4 Å². The van der Waals surface area contributed by atoms with E-state index >= 15 is 0 Å². The Morgan fingerprint density at radius 3 is 2.38 bits per heavy atom. The van der Waals surface area contributed by atoms with Crippen molar-refractivity contribution in [3.8, 4) is 11.1 Å². The van der Waals surface area contributed by atoms with Crippen molar-refractivity contribution in [2.45, 2.75) is 57.8 Å². The van der Waals surface area contributed by atoms with Crippen LogP contribution in [-0.2, 0) is 22.6 Å². The van der Waals surface area contributed by atoms with Gasteiger partial charge in [-0.2, -0.15) is 5.10 Å². The lowest BCUT2D eigenvalue weighted by Gasteiger charge is -2.19. The maximum absolute atomic E-state index is 13.8. The number of esters is 1. The Bertz CT molecular complexity index is 1620. The molecule has 0 bridgehead atoms. The molecule has 2 heterocycles. The highest BCUT2D eigenvalue weighted by Crippen LogP contribution is 2.33. The molecule has 39 heavy (non-hydrogen) atoms. The fraction of sp³-hybridized carbons (Fsp3) is 0.310. The molecule has 4 rings (SSSR count). The fourth-order valence-electron chi connectivity index (χ4n) is 4.40. The summed E-state index contributed by atoms with van der Waals surface area (Å²) in [5.41, 5.74) is 0.744. The van der Waals surface area contributed by atoms with E-state index in [-0.39, 0.29) is 36.5 Å². The quantitative estimate of drug-likeness (QED) is 0.139. The van der Waals surface area contributed by atoms with Gasteiger partial charge in [-0.15, -0.1) is 11.8 Å². The average Bonchev–Trinajstić information content (AvgIpc) is 3.25. The molecule has 0 atom stereocenters. The molecule has 2 aromatic carbocycles. The molecule has 0 saturated carbocycles. The van der Waals surface area contributed by atoms with Gasteiger partial charge in [0.25, 0.3) is 5.56 Å². The third kappa shape index (κ3) is 6.25. The number of aromatic nitrogens is 3. The van der Waals surface area contributed by atoms with Crippen molar-refractivity contribution < 1.29 is 18.7 Å². The number of hydrogen-bond donors (Lipinski definition) is 0. The van der Waals surface area contributed by atoms with Crippen molar-refractivity contribution in [3.05, 3.63) is 81.1 Å². The molecular weight excluding hydrogens is 541 g/mol. The number of rotatable bonds is 8. The first-order valence-electron chi connectivity index (χ1n) is 12.4. The van der Waals surface area contributed by atoms with E-state index in [1.165, 1.54) is 33.1 Å². The summed E-state index contributed by atoms with van der Waals surface area (Å²) < 4.78 is 22.2. The van der Waals surface area contributed by atoms with Crippen LogP contribution in [-0.4, -0.2) is 38.0 Å². The van der Waals surface area contributed by atoms with Gasteiger partial charge in [0.05, 0.1) is 23.0 Å². The van der Waals surface area contributed by atoms with Crippen LogP contribution < -0.4 is 5.56 Å². The first kappa shape index (κ1) is 28.6. The van der Waals surface area contributed by atoms with Crippen LogP contribution in [0.3, 0.4) is 0 Å². The van der Waals surface area contributed by atoms with Crippen LogP contribution in [0.15, 0.2) is 58.4 Å². The maximum Gasteiger partial charge on any atom is 0.328 e. The minimum atomic E-state index is -0.639. The molecular formula is C29H29ClFN3O4S. The van der Waals surface area contributed by atoms with Crippen molar-refractivity contribution in [2.24, 2.45) is 0 Å². The number of Topliss-reactive ketones (excluding diaryl/α,β-unsaturated/α-hetero) is 1. The number of halogens is 2. The number of thioether (sulfide) groups is 1. The topological polar surface area (TPSA) is 83.2 Å². The van der Waals surface area contributed by atoms with Crippen molar-refractivity contribution >= 4 is 45.9 Å². The number of benzene rings is 2. The predicted octanol–water partition coefficient (Wildman–Crippen LogP) is 6.36. The summed E-state index contributed by atoms with van der Waals surface area (Å²) in [6.45, 7) is 6.98. The highest BCUT2D eigenvalue weighted by molar-refractivity contribution is 7.98. The molecule has 0 fully saturated rings. The summed E-state index contributed by atoms with van der Waals surface area (Å²) in [5.74, 6) is -1.11. The second-order valence-electron chi connectivity index (χ2n) is 10.0. The normalized spacial score (nSPS) is 11.7. The Hall–Kier alpha value is -3.43. The molecule has 0 aliphatic carbocycles. The van der Waals surface area contributed by atoms with Gasteiger partial charge in [-0.1, -0.05) is 30.7 Å². The molecule has 0 unspecified atom stereocenters. The van der Waals surface area contributed by atoms with Crippen molar-refractivity contribution in [2.75, 3.05) is 6.26 Å². The van der Waals surface area contributed by atoms with E-state index in [2.05, 4.69) is 5.10 Å². The number of hydrogen-bond acceptors (Lipinski definition) is 6. The summed E-state index contributed by atoms with van der Waals surface area (Å²) in [4.78, 5) is 39.7. The van der Waals surface area contributed by atoms with Gasteiger partial charge in [-0.3, -0.25) is 19.0 Å². The van der Waals surface area contributed by atoms with E-state index in [0.717, 1.165) is 0 Å². The lowest BCUT2D eigenvalue weighted by atomic mass is 9.94. The van der Waals surface area contributed by atoms with Crippen molar-refractivity contribution in [1.29, 1.82) is 0 Å². The van der Waals surface area contributed by atoms with Crippen molar-refractivity contribution in [1.82, 2.24) is 14.3 Å². The van der Waals surface area contributed by atoms with Gasteiger partial charge < -0.3 is 4.74 Å². The smallest absolute Gasteiger partial charge is 0.328 e. The highest BCUT2D eigenvalue weighted by atomic mass is 35.5. The lowest BCUT2D eigenvalue weighted by Crippen LogP contribution is -2.28. The van der Waals surface area contributed by atoms with E-state index in [9.17, 15) is 18.8 Å². The number of carbonyl (C=O) groups excluding carboxylic acids is 2. The standard InChI is InChI=1S/C29H29ClFN3O4S/c1-6-23(35)27-26(17-7-10-19(31)11-8-17)22-13-18(30)9-12-21(22)28(37)33(27)15-20-14-24(39-5)34(32-20)16-25(36)38-29(2,3)4/h7-14H,6,15-16H2,1-5H3. The molecule has 7 nitrogen and oxygen atoms in total. The molecule has 0 aliphatic rings. The fourth-order valence-corrected chi connectivity index (χ4v) is 5.14. The molecule has 0 radical (unpaired) electrons. The van der Waals surface area contributed by atoms with E-state index in [4.69, 9.17) is 16.3 Å². The van der Waals surface area contributed by atoms with Crippen LogP contribution in [0.1, 0.15) is 50.3 Å². The van der Waals surface area contributed by atoms with E-state index in [1.54, 1.807) is 64.1 Å². The van der Waals surface area contributed by atoms with Crippen molar-refractivity contribution in [3.63, 3.8) is 0 Å². The number of ether oxygens (including phenoxy) is 1. The first-order valence-corrected chi connectivity index (χ1v) is 14.0. The summed E-state index contributed by atoms with van der Waals surface area (Å²) in [7, 11) is 0. The van der Waals surface area contributed by atoms with Crippen LogP contribution in [0.25, 0.3) is 21.9 Å². The SMILES string of the molecule is CCC(=O)c1c(-c2ccc(F)cc2)c2cc(Cl)ccc2c(=O)n1Cc1cc(SC)n(CC(=O)OC(C)(C)C)n1. The zero-order valence-corrected chi connectivity index (χ0v) is 24.0. The Morgan fingerprint density at radius 2 is 1.77 bits per heavy atom. The summed E-state index contributed by atoms with van der Waals surface area (Å²) >= 11 is 7.70. The number of carbonyl (C=O) groups is 2. The molecule has 0 saturated heterocycles. The van der Waals surface area contributed by atoms with E-state index in [0.29, 0.717) is 37.6 Å². The Kier molecular flexibility index (Phi) is 8.32. The van der Waals surface area contributed by atoms with Gasteiger partial charge in [0, 0.05) is 22.4 Å². The van der Waals surface area contributed by atoms with Crippen LogP contribution >= 0.6 is 23.4 Å². The third-order valence-electron chi connectivity index (χ3n) is 5.97. The largest absolute Gasteiger partial charge is 0.459 e. The van der Waals surface area contributed by atoms with Gasteiger partial charge in [-0.05, 0) is 74.4 Å². The van der Waals surface area contributed by atoms with Gasteiger partial charge in [-0.25, -0.2) is 9.07 Å². The minimum Gasteiger partial charge on any atom is -0.459 e. The monoisotopic (exact) mass is 569 g/mol. The van der Waals surface area contributed by atoms with Crippen LogP contribution in [0.5, 0.6) is 0 Å². The molecule has 2 aromatic heterocycles. The number of ketones is 1. The Balaban J connectivity index is 1.91. The van der Waals surface area contributed by atoms with Gasteiger partial charge >= 0.3 is 5.97 Å². The van der Waals surface area contributed by atoms with E-state index in [1.807, 2.05) is 6.26 Å². The zero-order chi connectivity index (χ0) is 28.5. The molecule has 0 amide bonds. The molecule has 204 valence electrons. The predicted molar refractivity (Wildman–Crippen MR) is 152 cm³/mol. The summed E-state index contributed by atoms with van der Waals surface area (Å²) in [5, 5.41) is 6.56. The summed E-state index contributed by atoms with van der Waals surface area (Å²) in [6.07, 6.45) is 2.00. The van der Waals surface area contributed by atoms with Gasteiger partial charge in [0.15, 0.2) is 5.78 Å². The Labute approximate surface area is 234 Å². The zero-order valence-electron chi connectivity index (χ0n) is 22.4. The molecule has 0 spiro atoms. The van der Waals surface area contributed by atoms with Crippen LogP contribution in [0, 0.1) is 5.82 Å². The molecule has 4 aromatic rings. The number of fused-ring (bicyclic) bond motifs is 1. The Morgan fingerprint density at radius 1 is 1.08 bits per heavy atom. The molecule has 0 aliphatic heterocycles. The first-order chi connectivity index (χ1) is 18.4. The van der Waals surface area contributed by atoms with Gasteiger partial charge in [0.1, 0.15) is 18.0 Å². The lowest BCUT2D eigenvalue weighted by molar-refractivity contribution is -0.155. The van der Waals surface area contributed by atoms with Gasteiger partial charge in [0.2, 0.25) is 0 Å². The number of nitrogens with zero attached hydrogens (tertiary/aromatic N) is 3. The summed E-state index contributed by atoms with van der Waals surface area (Å²) in [6, 6.07) is 12.4. The maximum atomic E-state index is 13.8. The van der Waals surface area contributed by atoms with Crippen LogP contribution in [0.4, 0.5) is 4.39 Å². The number of pyridine rings is 1. The van der Waals surface area contributed by atoms with Crippen LogP contribution in [0.2, 0.25) is 5.02 Å². The molecule has 0 N–H and O–H groups in total. The third-order valence-corrected chi connectivity index (χ3v) is 6.96. The second kappa shape index (κ2) is 11.4. The average molecular weight is 570 g/mol. The second-order valence-corrected chi connectivity index (χ2v) is 11.3. The highest BCUT2D eigenvalue weighted by Gasteiger charge is 2.24.